The van der Waals surface area contributed by atoms with Crippen molar-refractivity contribution in [3.8, 4) is 0 Å². The van der Waals surface area contributed by atoms with E-state index in [-0.39, 0.29) is 5.91 Å². The van der Waals surface area contributed by atoms with E-state index in [1.165, 1.54) is 25.7 Å². The fraction of sp³-hybridized carbons (Fsp3) is 0.900. The number of rotatable bonds is 1. The number of carbonyl (C=O) groups excluding carboxylic acids is 1. The molecule has 0 spiro atoms. The third-order valence-corrected chi connectivity index (χ3v) is 3.67. The predicted molar refractivity (Wildman–Crippen MR) is 47.7 cm³/mol. The van der Waals surface area contributed by atoms with Crippen LogP contribution < -0.4 is 5.32 Å². The fourth-order valence-corrected chi connectivity index (χ4v) is 3.01. The number of hydrogen-bond acceptors (Lipinski definition) is 1. The highest BCUT2D eigenvalue weighted by atomic mass is 16.1. The number of carbonyl (C=O) groups is 1. The van der Waals surface area contributed by atoms with Gasteiger partial charge in [-0.2, -0.15) is 0 Å². The van der Waals surface area contributed by atoms with Crippen molar-refractivity contribution in [2.75, 3.05) is 0 Å². The Morgan fingerprint density at radius 1 is 1.58 bits per heavy atom. The van der Waals surface area contributed by atoms with Crippen LogP contribution in [0.5, 0.6) is 0 Å². The smallest absolute Gasteiger partial charge is 0.217 e. The average Bonchev–Trinajstić information content (AvgIpc) is 2.42. The Labute approximate surface area is 73.7 Å². The number of amides is 1. The lowest BCUT2D eigenvalue weighted by molar-refractivity contribution is -0.120. The SMILES string of the molecule is CC(=O)NC1CC2CCC1(C)C2. The van der Waals surface area contributed by atoms with E-state index < -0.39 is 0 Å². The molecule has 0 aromatic heterocycles. The van der Waals surface area contributed by atoms with Crippen molar-refractivity contribution in [1.82, 2.24) is 5.32 Å². The summed E-state index contributed by atoms with van der Waals surface area (Å²) < 4.78 is 0. The second kappa shape index (κ2) is 2.48. The summed E-state index contributed by atoms with van der Waals surface area (Å²) in [6, 6.07) is 0.466. The predicted octanol–water partition coefficient (Wildman–Crippen LogP) is 1.70. The topological polar surface area (TPSA) is 29.1 Å². The summed E-state index contributed by atoms with van der Waals surface area (Å²) in [5.41, 5.74) is 0.427. The van der Waals surface area contributed by atoms with E-state index in [4.69, 9.17) is 0 Å². The van der Waals surface area contributed by atoms with E-state index in [9.17, 15) is 4.79 Å². The van der Waals surface area contributed by atoms with E-state index in [1.54, 1.807) is 6.92 Å². The number of fused-ring (bicyclic) bond motifs is 2. The monoisotopic (exact) mass is 167 g/mol. The van der Waals surface area contributed by atoms with Crippen LogP contribution in [0.15, 0.2) is 0 Å². The van der Waals surface area contributed by atoms with Gasteiger partial charge < -0.3 is 5.32 Å². The van der Waals surface area contributed by atoms with Gasteiger partial charge in [0.25, 0.3) is 0 Å². The molecule has 0 saturated heterocycles. The van der Waals surface area contributed by atoms with Crippen LogP contribution >= 0.6 is 0 Å². The van der Waals surface area contributed by atoms with Crippen LogP contribution in [-0.4, -0.2) is 11.9 Å². The first-order chi connectivity index (χ1) is 5.60. The first-order valence-corrected chi connectivity index (χ1v) is 4.87. The summed E-state index contributed by atoms with van der Waals surface area (Å²) >= 11 is 0. The van der Waals surface area contributed by atoms with Gasteiger partial charge in [-0.05, 0) is 37.0 Å². The van der Waals surface area contributed by atoms with Gasteiger partial charge in [-0.3, -0.25) is 4.79 Å². The molecule has 0 aromatic carbocycles. The highest BCUT2D eigenvalue weighted by Gasteiger charge is 2.48. The molecule has 2 aliphatic rings. The first kappa shape index (κ1) is 8.09. The lowest BCUT2D eigenvalue weighted by Gasteiger charge is -2.31. The van der Waals surface area contributed by atoms with Gasteiger partial charge in [0.1, 0.15) is 0 Å². The van der Waals surface area contributed by atoms with Gasteiger partial charge in [0.15, 0.2) is 0 Å². The van der Waals surface area contributed by atoms with Gasteiger partial charge >= 0.3 is 0 Å². The molecule has 0 radical (unpaired) electrons. The molecule has 2 nitrogen and oxygen atoms in total. The molecule has 1 amide bonds. The zero-order valence-corrected chi connectivity index (χ0v) is 7.89. The molecular formula is C10H17NO. The maximum absolute atomic E-state index is 10.9. The van der Waals surface area contributed by atoms with Crippen molar-refractivity contribution in [1.29, 1.82) is 0 Å². The molecule has 2 rings (SSSR count). The molecular weight excluding hydrogens is 150 g/mol. The van der Waals surface area contributed by atoms with Gasteiger partial charge in [-0.1, -0.05) is 6.92 Å². The molecule has 12 heavy (non-hydrogen) atoms. The van der Waals surface area contributed by atoms with Gasteiger partial charge in [0.05, 0.1) is 0 Å². The van der Waals surface area contributed by atoms with Crippen molar-refractivity contribution in [2.24, 2.45) is 11.3 Å². The first-order valence-electron chi connectivity index (χ1n) is 4.87. The fourth-order valence-electron chi connectivity index (χ4n) is 3.01. The molecule has 2 heteroatoms. The van der Waals surface area contributed by atoms with Crippen molar-refractivity contribution >= 4 is 5.91 Å². The van der Waals surface area contributed by atoms with Crippen LogP contribution in [0, 0.1) is 11.3 Å². The van der Waals surface area contributed by atoms with E-state index in [2.05, 4.69) is 12.2 Å². The van der Waals surface area contributed by atoms with E-state index in [0.717, 1.165) is 5.92 Å². The molecule has 3 unspecified atom stereocenters. The molecule has 68 valence electrons. The quantitative estimate of drug-likeness (QED) is 0.632. The van der Waals surface area contributed by atoms with Gasteiger partial charge in [0.2, 0.25) is 5.91 Å². The Morgan fingerprint density at radius 2 is 2.33 bits per heavy atom. The molecule has 2 fully saturated rings. The van der Waals surface area contributed by atoms with Crippen molar-refractivity contribution < 1.29 is 4.79 Å². The van der Waals surface area contributed by atoms with Crippen LogP contribution in [0.1, 0.15) is 39.5 Å². The Hall–Kier alpha value is -0.530. The minimum absolute atomic E-state index is 0.133. The summed E-state index contributed by atoms with van der Waals surface area (Å²) in [7, 11) is 0. The average molecular weight is 167 g/mol. The molecule has 0 heterocycles. The lowest BCUT2D eigenvalue weighted by Crippen LogP contribution is -2.42. The summed E-state index contributed by atoms with van der Waals surface area (Å²) in [6.45, 7) is 3.94. The van der Waals surface area contributed by atoms with Crippen LogP contribution in [0.25, 0.3) is 0 Å². The summed E-state index contributed by atoms with van der Waals surface area (Å²) in [6.07, 6.45) is 5.24. The van der Waals surface area contributed by atoms with E-state index in [1.807, 2.05) is 0 Å². The highest BCUT2D eigenvalue weighted by Crippen LogP contribution is 2.53. The molecule has 1 N–H and O–H groups in total. The molecule has 2 saturated carbocycles. The second-order valence-corrected chi connectivity index (χ2v) is 4.75. The standard InChI is InChI=1S/C10H17NO/c1-7(12)11-9-5-8-3-4-10(9,2)6-8/h8-9H,3-6H2,1-2H3,(H,11,12). The Bertz CT molecular complexity index is 214. The second-order valence-electron chi connectivity index (χ2n) is 4.75. The van der Waals surface area contributed by atoms with Crippen molar-refractivity contribution in [3.63, 3.8) is 0 Å². The Morgan fingerprint density at radius 3 is 2.75 bits per heavy atom. The molecule has 0 aliphatic heterocycles. The van der Waals surface area contributed by atoms with Crippen LogP contribution in [-0.2, 0) is 4.79 Å². The maximum Gasteiger partial charge on any atom is 0.217 e. The number of hydrogen-bond donors (Lipinski definition) is 1. The summed E-state index contributed by atoms with van der Waals surface area (Å²) in [5.74, 6) is 1.03. The van der Waals surface area contributed by atoms with Gasteiger partial charge in [0, 0.05) is 13.0 Å². The maximum atomic E-state index is 10.9. The van der Waals surface area contributed by atoms with E-state index in [0.29, 0.717) is 11.5 Å². The highest BCUT2D eigenvalue weighted by molar-refractivity contribution is 5.73. The molecule has 2 aliphatic carbocycles. The zero-order chi connectivity index (χ0) is 8.77. The van der Waals surface area contributed by atoms with Crippen molar-refractivity contribution in [3.05, 3.63) is 0 Å². The van der Waals surface area contributed by atoms with E-state index >= 15 is 0 Å². The Balaban J connectivity index is 2.05. The summed E-state index contributed by atoms with van der Waals surface area (Å²) in [5, 5.41) is 3.07. The van der Waals surface area contributed by atoms with Gasteiger partial charge in [-0.15, -0.1) is 0 Å². The van der Waals surface area contributed by atoms with Gasteiger partial charge in [-0.25, -0.2) is 0 Å². The normalized spacial score (nSPS) is 44.8. The number of nitrogens with one attached hydrogen (secondary N) is 1. The largest absolute Gasteiger partial charge is 0.353 e. The van der Waals surface area contributed by atoms with Crippen LogP contribution in [0.2, 0.25) is 0 Å². The molecule has 2 bridgehead atoms. The molecule has 0 aromatic rings. The minimum atomic E-state index is 0.133. The van der Waals surface area contributed by atoms with Crippen molar-refractivity contribution in [2.45, 2.75) is 45.6 Å². The third-order valence-electron chi connectivity index (χ3n) is 3.67. The van der Waals surface area contributed by atoms with Crippen LogP contribution in [0.3, 0.4) is 0 Å². The minimum Gasteiger partial charge on any atom is -0.353 e. The van der Waals surface area contributed by atoms with Crippen LogP contribution in [0.4, 0.5) is 0 Å². The Kier molecular flexibility index (Phi) is 1.67. The lowest BCUT2D eigenvalue weighted by atomic mass is 9.82. The third kappa shape index (κ3) is 1.13. The zero-order valence-electron chi connectivity index (χ0n) is 7.89. The summed E-state index contributed by atoms with van der Waals surface area (Å²) in [4.78, 5) is 10.9. The molecule has 3 atom stereocenters.